The van der Waals surface area contributed by atoms with Gasteiger partial charge in [0.15, 0.2) is 5.82 Å². The van der Waals surface area contributed by atoms with E-state index in [0.29, 0.717) is 16.5 Å². The number of hydrogen-bond donors (Lipinski definition) is 2. The Morgan fingerprint density at radius 2 is 1.78 bits per heavy atom. The van der Waals surface area contributed by atoms with Crippen LogP contribution in [0.3, 0.4) is 0 Å². The van der Waals surface area contributed by atoms with Crippen LogP contribution >= 0.6 is 23.1 Å². The Hall–Kier alpha value is -3.18. The Bertz CT molecular complexity index is 1110. The average molecular weight is 475 g/mol. The summed E-state index contributed by atoms with van der Waals surface area (Å²) < 4.78 is 10.1. The summed E-state index contributed by atoms with van der Waals surface area (Å²) >= 11 is 2.13. The van der Waals surface area contributed by atoms with Crippen LogP contribution in [0.1, 0.15) is 39.4 Å². The summed E-state index contributed by atoms with van der Waals surface area (Å²) in [6, 6.07) is 9.50. The molecule has 0 saturated heterocycles. The number of benzene rings is 1. The maximum Gasteiger partial charge on any atom is 0.348 e. The first-order valence-corrected chi connectivity index (χ1v) is 11.6. The highest BCUT2D eigenvalue weighted by molar-refractivity contribution is 7.99. The zero-order valence-electron chi connectivity index (χ0n) is 17.8. The summed E-state index contributed by atoms with van der Waals surface area (Å²) in [5, 5.41) is 10.3. The molecule has 2 N–H and O–H groups in total. The van der Waals surface area contributed by atoms with Crippen molar-refractivity contribution in [1.29, 1.82) is 0 Å². The van der Waals surface area contributed by atoms with Gasteiger partial charge in [-0.1, -0.05) is 42.1 Å². The number of H-pyrrole nitrogens is 1. The topological polar surface area (TPSA) is 123 Å². The van der Waals surface area contributed by atoms with Crippen LogP contribution in [0, 0.1) is 6.92 Å². The van der Waals surface area contributed by atoms with Gasteiger partial charge in [-0.15, -0.1) is 16.4 Å². The lowest BCUT2D eigenvalue weighted by molar-refractivity contribution is -0.113. The Labute approximate surface area is 192 Å². The third-order valence-corrected chi connectivity index (χ3v) is 6.22. The average Bonchev–Trinajstić information content (AvgIpc) is 3.38. The van der Waals surface area contributed by atoms with E-state index in [1.807, 2.05) is 30.3 Å². The number of carbonyl (C=O) groups excluding carboxylic acids is 3. The van der Waals surface area contributed by atoms with Gasteiger partial charge in [-0.05, 0) is 26.3 Å². The van der Waals surface area contributed by atoms with Crippen molar-refractivity contribution in [1.82, 2.24) is 15.2 Å². The summed E-state index contributed by atoms with van der Waals surface area (Å²) in [5.74, 6) is -0.916. The summed E-state index contributed by atoms with van der Waals surface area (Å²) in [6.07, 6.45) is 0. The number of esters is 2. The molecule has 1 aromatic carbocycles. The first-order chi connectivity index (χ1) is 15.4. The highest BCUT2D eigenvalue weighted by Crippen LogP contribution is 2.34. The minimum Gasteiger partial charge on any atom is -0.462 e. The van der Waals surface area contributed by atoms with E-state index in [-0.39, 0.29) is 40.3 Å². The molecule has 11 heteroatoms. The monoisotopic (exact) mass is 474 g/mol. The van der Waals surface area contributed by atoms with Gasteiger partial charge in [-0.3, -0.25) is 9.89 Å². The molecule has 2 aromatic heterocycles. The van der Waals surface area contributed by atoms with Crippen molar-refractivity contribution < 1.29 is 23.9 Å². The van der Waals surface area contributed by atoms with Crippen molar-refractivity contribution in [3.63, 3.8) is 0 Å². The van der Waals surface area contributed by atoms with Gasteiger partial charge in [0, 0.05) is 5.56 Å². The van der Waals surface area contributed by atoms with Crippen LogP contribution in [0.2, 0.25) is 0 Å². The molecule has 3 aromatic rings. The van der Waals surface area contributed by atoms with Gasteiger partial charge < -0.3 is 14.8 Å². The highest BCUT2D eigenvalue weighted by atomic mass is 32.2. The van der Waals surface area contributed by atoms with Crippen LogP contribution in [0.4, 0.5) is 5.00 Å². The Morgan fingerprint density at radius 3 is 2.47 bits per heavy atom. The van der Waals surface area contributed by atoms with Crippen molar-refractivity contribution in [3.8, 4) is 11.4 Å². The number of aromatic nitrogens is 3. The molecule has 0 aliphatic rings. The van der Waals surface area contributed by atoms with Crippen molar-refractivity contribution in [2.75, 3.05) is 24.3 Å². The summed E-state index contributed by atoms with van der Waals surface area (Å²) in [6.45, 7) is 5.37. The molecular weight excluding hydrogens is 452 g/mol. The maximum atomic E-state index is 12.6. The Kier molecular flexibility index (Phi) is 8.01. The van der Waals surface area contributed by atoms with E-state index in [1.54, 1.807) is 20.8 Å². The molecular formula is C21H22N4O5S2. The highest BCUT2D eigenvalue weighted by Gasteiger charge is 2.27. The summed E-state index contributed by atoms with van der Waals surface area (Å²) in [7, 11) is 0. The van der Waals surface area contributed by atoms with E-state index in [1.165, 1.54) is 0 Å². The number of thiophene rings is 1. The van der Waals surface area contributed by atoms with Gasteiger partial charge in [0.05, 0.1) is 24.5 Å². The second-order valence-corrected chi connectivity index (χ2v) is 8.33. The van der Waals surface area contributed by atoms with Crippen LogP contribution in [0.5, 0.6) is 0 Å². The zero-order chi connectivity index (χ0) is 23.1. The van der Waals surface area contributed by atoms with E-state index in [0.717, 1.165) is 28.7 Å². The first-order valence-electron chi connectivity index (χ1n) is 9.82. The van der Waals surface area contributed by atoms with Crippen molar-refractivity contribution >= 4 is 45.9 Å². The van der Waals surface area contributed by atoms with Crippen LogP contribution in [-0.2, 0) is 14.3 Å². The molecule has 1 amide bonds. The third kappa shape index (κ3) is 5.54. The molecule has 0 fully saturated rings. The van der Waals surface area contributed by atoms with Crippen molar-refractivity contribution in [2.45, 2.75) is 25.9 Å². The predicted octanol–water partition coefficient (Wildman–Crippen LogP) is 3.93. The third-order valence-electron chi connectivity index (χ3n) is 4.18. The van der Waals surface area contributed by atoms with E-state index in [2.05, 4.69) is 20.5 Å². The number of anilines is 1. The fraction of sp³-hybridized carbons (Fsp3) is 0.286. The van der Waals surface area contributed by atoms with E-state index < -0.39 is 11.9 Å². The smallest absolute Gasteiger partial charge is 0.348 e. The molecule has 3 rings (SSSR count). The molecule has 0 aliphatic carbocycles. The Balaban J connectivity index is 1.71. The summed E-state index contributed by atoms with van der Waals surface area (Å²) in [5.41, 5.74) is 1.45. The van der Waals surface area contributed by atoms with Gasteiger partial charge in [0.1, 0.15) is 9.88 Å². The molecule has 0 saturated carbocycles. The fourth-order valence-corrected chi connectivity index (χ4v) is 4.47. The standard InChI is InChI=1S/C21H22N4O5S2/c1-4-29-19(27)15-12(3)16(20(28)30-5-2)32-18(15)22-14(26)11-31-21-23-17(24-25-21)13-9-7-6-8-10-13/h6-10H,4-5,11H2,1-3H3,(H,22,26)(H,23,24,25). The lowest BCUT2D eigenvalue weighted by atomic mass is 10.1. The molecule has 0 aliphatic heterocycles. The molecule has 0 spiro atoms. The number of carbonyl (C=O) groups is 3. The molecule has 32 heavy (non-hydrogen) atoms. The van der Waals surface area contributed by atoms with Crippen LogP contribution in [0.25, 0.3) is 11.4 Å². The second kappa shape index (κ2) is 10.9. The van der Waals surface area contributed by atoms with Gasteiger partial charge in [0.25, 0.3) is 0 Å². The van der Waals surface area contributed by atoms with Crippen molar-refractivity contribution in [2.24, 2.45) is 0 Å². The van der Waals surface area contributed by atoms with Crippen molar-refractivity contribution in [3.05, 3.63) is 46.3 Å². The van der Waals surface area contributed by atoms with E-state index in [4.69, 9.17) is 9.47 Å². The van der Waals surface area contributed by atoms with Gasteiger partial charge >= 0.3 is 11.9 Å². The second-order valence-electron chi connectivity index (χ2n) is 6.37. The quantitative estimate of drug-likeness (QED) is 0.353. The molecule has 0 radical (unpaired) electrons. The number of amides is 1. The van der Waals surface area contributed by atoms with Crippen LogP contribution in [-0.4, -0.2) is 52.0 Å². The minimum atomic E-state index is -0.610. The first kappa shape index (κ1) is 23.5. The summed E-state index contributed by atoms with van der Waals surface area (Å²) in [4.78, 5) is 41.8. The normalized spacial score (nSPS) is 10.6. The fourth-order valence-electron chi connectivity index (χ4n) is 2.77. The van der Waals surface area contributed by atoms with Gasteiger partial charge in [-0.2, -0.15) is 0 Å². The lowest BCUT2D eigenvalue weighted by Crippen LogP contribution is -2.16. The lowest BCUT2D eigenvalue weighted by Gasteiger charge is -2.06. The maximum absolute atomic E-state index is 12.6. The van der Waals surface area contributed by atoms with Gasteiger partial charge in [0.2, 0.25) is 11.1 Å². The minimum absolute atomic E-state index is 0.0139. The number of hydrogen-bond acceptors (Lipinski definition) is 9. The number of aromatic amines is 1. The molecule has 0 atom stereocenters. The SMILES string of the molecule is CCOC(=O)c1sc(NC(=O)CSc2n[nH]c(-c3ccccc3)n2)c(C(=O)OCC)c1C. The number of nitrogens with one attached hydrogen (secondary N) is 2. The molecule has 9 nitrogen and oxygen atoms in total. The number of rotatable bonds is 9. The van der Waals surface area contributed by atoms with Gasteiger partial charge in [-0.25, -0.2) is 14.6 Å². The molecule has 2 heterocycles. The predicted molar refractivity (Wildman–Crippen MR) is 122 cm³/mol. The zero-order valence-corrected chi connectivity index (χ0v) is 19.4. The Morgan fingerprint density at radius 1 is 1.09 bits per heavy atom. The van der Waals surface area contributed by atoms with Crippen LogP contribution < -0.4 is 5.32 Å². The molecule has 0 bridgehead atoms. The van der Waals surface area contributed by atoms with E-state index in [9.17, 15) is 14.4 Å². The van der Waals surface area contributed by atoms with E-state index >= 15 is 0 Å². The molecule has 0 unspecified atom stereocenters. The van der Waals surface area contributed by atoms with Crippen LogP contribution in [0.15, 0.2) is 35.5 Å². The number of nitrogens with zero attached hydrogens (tertiary/aromatic N) is 2. The molecule has 168 valence electrons. The largest absolute Gasteiger partial charge is 0.462 e. The number of ether oxygens (including phenoxy) is 2. The number of thioether (sulfide) groups is 1.